The lowest BCUT2D eigenvalue weighted by atomic mass is 9.82. The second kappa shape index (κ2) is 8.67. The zero-order valence-electron chi connectivity index (χ0n) is 18.5. The molecule has 2 aromatic rings. The number of esters is 1. The van der Waals surface area contributed by atoms with Crippen molar-refractivity contribution in [3.63, 3.8) is 0 Å². The summed E-state index contributed by atoms with van der Waals surface area (Å²) in [6.07, 6.45) is 2.07. The molecular formula is C26H30N2O3. The minimum Gasteiger partial charge on any atom is -0.450 e. The van der Waals surface area contributed by atoms with Gasteiger partial charge >= 0.3 is 5.97 Å². The lowest BCUT2D eigenvalue weighted by Gasteiger charge is -2.39. The monoisotopic (exact) mass is 418 g/mol. The summed E-state index contributed by atoms with van der Waals surface area (Å²) in [4.78, 5) is 28.3. The number of benzene rings is 2. The van der Waals surface area contributed by atoms with E-state index in [4.69, 9.17) is 4.74 Å². The Morgan fingerprint density at radius 1 is 1.06 bits per heavy atom. The van der Waals surface area contributed by atoms with Crippen LogP contribution in [0.4, 0.5) is 5.69 Å². The summed E-state index contributed by atoms with van der Waals surface area (Å²) in [5.41, 5.74) is 4.31. The number of aryl methyl sites for hydroxylation is 2. The molecule has 31 heavy (non-hydrogen) atoms. The number of amides is 1. The van der Waals surface area contributed by atoms with E-state index in [1.165, 1.54) is 5.56 Å². The molecule has 1 N–H and O–H groups in total. The van der Waals surface area contributed by atoms with Gasteiger partial charge in [0.2, 0.25) is 0 Å². The van der Waals surface area contributed by atoms with Gasteiger partial charge in [0.05, 0.1) is 5.57 Å². The number of anilines is 1. The number of hydrogen-bond donors (Lipinski definition) is 1. The molecule has 0 aliphatic carbocycles. The Morgan fingerprint density at radius 2 is 1.77 bits per heavy atom. The van der Waals surface area contributed by atoms with Crippen LogP contribution in [0, 0.1) is 6.92 Å². The first-order chi connectivity index (χ1) is 14.9. The second-order valence-electron chi connectivity index (χ2n) is 8.56. The predicted molar refractivity (Wildman–Crippen MR) is 122 cm³/mol. The fourth-order valence-corrected chi connectivity index (χ4v) is 4.77. The minimum atomic E-state index is -0.826. The summed E-state index contributed by atoms with van der Waals surface area (Å²) in [5.74, 6) is -0.592. The van der Waals surface area contributed by atoms with Crippen LogP contribution in [0.2, 0.25) is 0 Å². The topological polar surface area (TPSA) is 58.6 Å². The lowest BCUT2D eigenvalue weighted by Crippen LogP contribution is -2.47. The molecular weight excluding hydrogens is 388 g/mol. The number of nitrogens with one attached hydrogen (secondary N) is 1. The number of rotatable bonds is 5. The van der Waals surface area contributed by atoms with Gasteiger partial charge in [-0.1, -0.05) is 55.5 Å². The molecule has 4 rings (SSSR count). The maximum Gasteiger partial charge on any atom is 0.335 e. The Kier molecular flexibility index (Phi) is 5.96. The molecule has 5 nitrogen and oxygen atoms in total. The molecule has 1 spiro atoms. The maximum atomic E-state index is 13.4. The maximum absolute atomic E-state index is 13.4. The molecule has 2 aromatic carbocycles. The SMILES string of the molecule is CCc1cccc(C)c1NC(=O)C1=C(C)C(=O)OC12CCN(Cc1ccccc1)CC2. The number of carbonyl (C=O) groups is 2. The smallest absolute Gasteiger partial charge is 0.335 e. The summed E-state index contributed by atoms with van der Waals surface area (Å²) in [6, 6.07) is 16.4. The number of piperidine rings is 1. The largest absolute Gasteiger partial charge is 0.450 e. The Balaban J connectivity index is 1.53. The fraction of sp³-hybridized carbons (Fsp3) is 0.385. The summed E-state index contributed by atoms with van der Waals surface area (Å²) < 4.78 is 5.86. The molecule has 2 heterocycles. The van der Waals surface area contributed by atoms with E-state index in [1.807, 2.05) is 43.3 Å². The molecule has 1 fully saturated rings. The quantitative estimate of drug-likeness (QED) is 0.731. The Morgan fingerprint density at radius 3 is 2.45 bits per heavy atom. The number of para-hydroxylation sites is 1. The molecule has 162 valence electrons. The normalized spacial score (nSPS) is 18.4. The van der Waals surface area contributed by atoms with Crippen LogP contribution < -0.4 is 5.32 Å². The van der Waals surface area contributed by atoms with Crippen molar-refractivity contribution >= 4 is 17.6 Å². The van der Waals surface area contributed by atoms with E-state index in [1.54, 1.807) is 6.92 Å². The van der Waals surface area contributed by atoms with Gasteiger partial charge < -0.3 is 10.1 Å². The highest BCUT2D eigenvalue weighted by Gasteiger charge is 2.50. The summed E-state index contributed by atoms with van der Waals surface area (Å²) in [7, 11) is 0. The van der Waals surface area contributed by atoms with Crippen LogP contribution in [0.3, 0.4) is 0 Å². The van der Waals surface area contributed by atoms with Gasteiger partial charge in [0.25, 0.3) is 5.91 Å². The third-order valence-electron chi connectivity index (χ3n) is 6.54. The molecule has 0 radical (unpaired) electrons. The first-order valence-electron chi connectivity index (χ1n) is 11.0. The van der Waals surface area contributed by atoms with Crippen molar-refractivity contribution in [3.8, 4) is 0 Å². The highest BCUT2D eigenvalue weighted by molar-refractivity contribution is 6.13. The van der Waals surface area contributed by atoms with Crippen molar-refractivity contribution < 1.29 is 14.3 Å². The van der Waals surface area contributed by atoms with Gasteiger partial charge in [-0.2, -0.15) is 0 Å². The van der Waals surface area contributed by atoms with Crippen LogP contribution in [0.1, 0.15) is 43.4 Å². The second-order valence-corrected chi connectivity index (χ2v) is 8.56. The number of ether oxygens (including phenoxy) is 1. The first kappa shape index (κ1) is 21.3. The van der Waals surface area contributed by atoms with Crippen LogP contribution in [-0.2, 0) is 27.3 Å². The van der Waals surface area contributed by atoms with Crippen LogP contribution in [0.5, 0.6) is 0 Å². The van der Waals surface area contributed by atoms with Gasteiger partial charge in [0.1, 0.15) is 5.60 Å². The Bertz CT molecular complexity index is 1020. The average Bonchev–Trinajstić information content (AvgIpc) is 3.01. The minimum absolute atomic E-state index is 0.219. The van der Waals surface area contributed by atoms with Gasteiger partial charge in [-0.3, -0.25) is 9.69 Å². The van der Waals surface area contributed by atoms with E-state index in [2.05, 4.69) is 29.3 Å². The van der Waals surface area contributed by atoms with Gasteiger partial charge in [0.15, 0.2) is 0 Å². The van der Waals surface area contributed by atoms with Crippen LogP contribution >= 0.6 is 0 Å². The van der Waals surface area contributed by atoms with Crippen molar-refractivity contribution in [2.75, 3.05) is 18.4 Å². The van der Waals surface area contributed by atoms with Crippen LogP contribution in [0.25, 0.3) is 0 Å². The third kappa shape index (κ3) is 4.15. The number of carbonyl (C=O) groups excluding carboxylic acids is 2. The van der Waals surface area contributed by atoms with E-state index in [0.29, 0.717) is 24.0 Å². The van der Waals surface area contributed by atoms with Crippen LogP contribution in [0.15, 0.2) is 59.7 Å². The van der Waals surface area contributed by atoms with Crippen LogP contribution in [-0.4, -0.2) is 35.5 Å². The highest BCUT2D eigenvalue weighted by atomic mass is 16.6. The molecule has 0 saturated carbocycles. The van der Waals surface area contributed by atoms with E-state index in [-0.39, 0.29) is 11.9 Å². The molecule has 0 unspecified atom stereocenters. The number of hydrogen-bond acceptors (Lipinski definition) is 4. The number of likely N-dealkylation sites (tertiary alicyclic amines) is 1. The van der Waals surface area contributed by atoms with Crippen molar-refractivity contribution in [1.29, 1.82) is 0 Å². The van der Waals surface area contributed by atoms with Gasteiger partial charge in [-0.15, -0.1) is 0 Å². The third-order valence-corrected chi connectivity index (χ3v) is 6.54. The highest BCUT2D eigenvalue weighted by Crippen LogP contribution is 2.42. The van der Waals surface area contributed by atoms with E-state index >= 15 is 0 Å². The Hall–Kier alpha value is -2.92. The summed E-state index contributed by atoms with van der Waals surface area (Å²) >= 11 is 0. The van der Waals surface area contributed by atoms with Gasteiger partial charge in [-0.05, 0) is 37.0 Å². The zero-order chi connectivity index (χ0) is 22.0. The molecule has 5 heteroatoms. The molecule has 2 aliphatic heterocycles. The Labute approximate surface area is 184 Å². The molecule has 0 aromatic heterocycles. The molecule has 1 amide bonds. The first-order valence-corrected chi connectivity index (χ1v) is 11.0. The zero-order valence-corrected chi connectivity index (χ0v) is 18.5. The molecule has 1 saturated heterocycles. The summed E-state index contributed by atoms with van der Waals surface area (Å²) in [5, 5.41) is 3.10. The van der Waals surface area contributed by atoms with E-state index < -0.39 is 5.60 Å². The van der Waals surface area contributed by atoms with Crippen molar-refractivity contribution in [2.45, 2.75) is 52.2 Å². The predicted octanol–water partition coefficient (Wildman–Crippen LogP) is 4.40. The van der Waals surface area contributed by atoms with Gasteiger partial charge in [0, 0.05) is 43.7 Å². The average molecular weight is 419 g/mol. The van der Waals surface area contributed by atoms with E-state index in [0.717, 1.165) is 42.9 Å². The number of nitrogens with zero attached hydrogens (tertiary/aromatic N) is 1. The molecule has 2 aliphatic rings. The van der Waals surface area contributed by atoms with Crippen molar-refractivity contribution in [1.82, 2.24) is 4.90 Å². The van der Waals surface area contributed by atoms with Crippen molar-refractivity contribution in [3.05, 3.63) is 76.4 Å². The molecule has 0 atom stereocenters. The van der Waals surface area contributed by atoms with E-state index in [9.17, 15) is 9.59 Å². The fourth-order valence-electron chi connectivity index (χ4n) is 4.77. The lowest BCUT2D eigenvalue weighted by molar-refractivity contribution is -0.150. The van der Waals surface area contributed by atoms with Crippen molar-refractivity contribution in [2.24, 2.45) is 0 Å². The summed E-state index contributed by atoms with van der Waals surface area (Å²) in [6.45, 7) is 8.18. The van der Waals surface area contributed by atoms with Gasteiger partial charge in [-0.25, -0.2) is 4.79 Å². The standard InChI is InChI=1S/C26H30N2O3/c1-4-21-12-8-9-18(2)23(21)27-24(29)22-19(3)25(30)31-26(22)13-15-28(16-14-26)17-20-10-6-5-7-11-20/h5-12H,4,13-17H2,1-3H3,(H,27,29). The molecule has 0 bridgehead atoms.